The topological polar surface area (TPSA) is 81.2 Å². The van der Waals surface area contributed by atoms with Crippen LogP contribution in [0.4, 0.5) is 0 Å². The summed E-state index contributed by atoms with van der Waals surface area (Å²) in [4.78, 5) is 15.7. The lowest BCUT2D eigenvalue weighted by Gasteiger charge is -2.26. The Morgan fingerprint density at radius 2 is 1.87 bits per heavy atom. The zero-order valence-corrected chi connectivity index (χ0v) is 17.8. The lowest BCUT2D eigenvalue weighted by atomic mass is 10.2. The van der Waals surface area contributed by atoms with Crippen LogP contribution in [0.2, 0.25) is 0 Å². The molecule has 4 aromatic rings. The molecule has 3 heterocycles. The van der Waals surface area contributed by atoms with Crippen molar-refractivity contribution in [3.63, 3.8) is 0 Å². The van der Waals surface area contributed by atoms with Gasteiger partial charge in [-0.25, -0.2) is 4.68 Å². The van der Waals surface area contributed by atoms with Crippen molar-refractivity contribution in [3.8, 4) is 17.2 Å². The minimum absolute atomic E-state index is 0. The Hall–Kier alpha value is -3.29. The molecular formula is C23H23ClN4O3. The van der Waals surface area contributed by atoms with E-state index in [4.69, 9.17) is 9.47 Å². The first-order chi connectivity index (χ1) is 14.7. The van der Waals surface area contributed by atoms with Crippen molar-refractivity contribution in [3.05, 3.63) is 82.3 Å². The maximum atomic E-state index is 12.7. The summed E-state index contributed by atoms with van der Waals surface area (Å²) in [5.74, 6) is 1.51. The molecule has 1 aliphatic heterocycles. The highest BCUT2D eigenvalue weighted by Crippen LogP contribution is 2.30. The van der Waals surface area contributed by atoms with Crippen LogP contribution in [0.5, 0.6) is 11.5 Å². The van der Waals surface area contributed by atoms with E-state index in [2.05, 4.69) is 15.4 Å². The summed E-state index contributed by atoms with van der Waals surface area (Å²) < 4.78 is 13.5. The van der Waals surface area contributed by atoms with E-state index in [1.807, 2.05) is 67.6 Å². The second kappa shape index (κ2) is 8.83. The molecule has 0 saturated carbocycles. The number of nitrogens with zero attached hydrogens (tertiary/aromatic N) is 2. The summed E-state index contributed by atoms with van der Waals surface area (Å²) in [7, 11) is 0. The minimum atomic E-state index is -0.127. The van der Waals surface area contributed by atoms with Crippen molar-refractivity contribution >= 4 is 23.4 Å². The maximum absolute atomic E-state index is 12.7. The highest BCUT2D eigenvalue weighted by molar-refractivity contribution is 5.85. The van der Waals surface area contributed by atoms with Gasteiger partial charge in [0.15, 0.2) is 11.5 Å². The Labute approximate surface area is 185 Å². The maximum Gasteiger partial charge on any atom is 0.254 e. The molecule has 2 aromatic heterocycles. The number of hydrogen-bond acceptors (Lipinski definition) is 5. The number of nitrogens with one attached hydrogen (secondary N) is 2. The van der Waals surface area contributed by atoms with Gasteiger partial charge in [-0.05, 0) is 37.3 Å². The minimum Gasteiger partial charge on any atom is -0.486 e. The number of ether oxygens (including phenoxy) is 2. The van der Waals surface area contributed by atoms with Crippen molar-refractivity contribution in [2.75, 3.05) is 13.2 Å². The molecule has 1 unspecified atom stereocenters. The smallest absolute Gasteiger partial charge is 0.254 e. The molecule has 2 aromatic carbocycles. The molecule has 0 amide bonds. The summed E-state index contributed by atoms with van der Waals surface area (Å²) in [5, 5.41) is 8.85. The molecule has 0 saturated heterocycles. The standard InChI is InChI=1S/C23H22N4O3.ClH/c1-15-19-11-16(12-24-13-18-14-29-20-9-5-6-10-21(20)30-18)23(28)25-22(19)27(26-15)17-7-3-2-4-8-17;/h2-11,18,24H,12-14H2,1H3,(H,25,28);1H. The molecule has 0 spiro atoms. The van der Waals surface area contributed by atoms with Gasteiger partial charge in [0, 0.05) is 24.0 Å². The highest BCUT2D eigenvalue weighted by Gasteiger charge is 2.20. The monoisotopic (exact) mass is 438 g/mol. The zero-order chi connectivity index (χ0) is 20.5. The summed E-state index contributed by atoms with van der Waals surface area (Å²) in [6, 6.07) is 19.3. The second-order valence-electron chi connectivity index (χ2n) is 7.35. The molecule has 1 aliphatic rings. The number of halogens is 1. The van der Waals surface area contributed by atoms with Gasteiger partial charge < -0.3 is 19.8 Å². The number of fused-ring (bicyclic) bond motifs is 2. The molecule has 160 valence electrons. The molecule has 0 fully saturated rings. The first-order valence-corrected chi connectivity index (χ1v) is 9.95. The predicted molar refractivity (Wildman–Crippen MR) is 122 cm³/mol. The summed E-state index contributed by atoms with van der Waals surface area (Å²) in [6.07, 6.45) is -0.106. The molecule has 7 nitrogen and oxygen atoms in total. The molecule has 31 heavy (non-hydrogen) atoms. The SMILES string of the molecule is Cc1nn(-c2ccccc2)c2[nH]c(=O)c(CNCC3COc4ccccc4O3)cc12.Cl. The van der Waals surface area contributed by atoms with Crippen LogP contribution >= 0.6 is 12.4 Å². The quantitative estimate of drug-likeness (QED) is 0.499. The van der Waals surface area contributed by atoms with Crippen molar-refractivity contribution in [1.29, 1.82) is 0 Å². The molecule has 1 atom stereocenters. The van der Waals surface area contributed by atoms with Gasteiger partial charge in [0.1, 0.15) is 18.4 Å². The third kappa shape index (κ3) is 4.15. The Morgan fingerprint density at radius 1 is 1.13 bits per heavy atom. The van der Waals surface area contributed by atoms with Gasteiger partial charge in [-0.15, -0.1) is 12.4 Å². The van der Waals surface area contributed by atoms with Gasteiger partial charge in [0.05, 0.1) is 11.4 Å². The fourth-order valence-corrected chi connectivity index (χ4v) is 3.68. The number of hydrogen-bond donors (Lipinski definition) is 2. The highest BCUT2D eigenvalue weighted by atomic mass is 35.5. The number of para-hydroxylation sites is 3. The third-order valence-corrected chi connectivity index (χ3v) is 5.20. The van der Waals surface area contributed by atoms with Gasteiger partial charge in [0.25, 0.3) is 5.56 Å². The van der Waals surface area contributed by atoms with Crippen LogP contribution in [0, 0.1) is 6.92 Å². The Morgan fingerprint density at radius 3 is 2.68 bits per heavy atom. The van der Waals surface area contributed by atoms with E-state index < -0.39 is 0 Å². The van der Waals surface area contributed by atoms with Crippen molar-refractivity contribution in [2.24, 2.45) is 0 Å². The number of rotatable bonds is 5. The summed E-state index contributed by atoms with van der Waals surface area (Å²) >= 11 is 0. The number of pyridine rings is 1. The van der Waals surface area contributed by atoms with E-state index in [-0.39, 0.29) is 24.1 Å². The average Bonchev–Trinajstić information content (AvgIpc) is 3.10. The Bertz CT molecular complexity index is 1250. The molecule has 5 rings (SSSR count). The summed E-state index contributed by atoms with van der Waals surface area (Å²) in [6.45, 7) is 3.43. The zero-order valence-electron chi connectivity index (χ0n) is 17.0. The van der Waals surface area contributed by atoms with Crippen LogP contribution in [0.1, 0.15) is 11.3 Å². The summed E-state index contributed by atoms with van der Waals surface area (Å²) in [5.41, 5.74) is 3.01. The van der Waals surface area contributed by atoms with E-state index in [9.17, 15) is 4.79 Å². The predicted octanol–water partition coefficient (Wildman–Crippen LogP) is 3.37. The second-order valence-corrected chi connectivity index (χ2v) is 7.35. The van der Waals surface area contributed by atoms with Crippen LogP contribution in [0.3, 0.4) is 0 Å². The molecule has 0 radical (unpaired) electrons. The molecule has 0 aliphatic carbocycles. The Kier molecular flexibility index (Phi) is 5.97. The van der Waals surface area contributed by atoms with E-state index in [1.54, 1.807) is 4.68 Å². The van der Waals surface area contributed by atoms with Crippen molar-refractivity contribution in [2.45, 2.75) is 19.6 Å². The van der Waals surface area contributed by atoms with Gasteiger partial charge in [-0.1, -0.05) is 30.3 Å². The average molecular weight is 439 g/mol. The van der Waals surface area contributed by atoms with Gasteiger partial charge in [-0.2, -0.15) is 5.10 Å². The van der Waals surface area contributed by atoms with Crippen molar-refractivity contribution in [1.82, 2.24) is 20.1 Å². The van der Waals surface area contributed by atoms with E-state index in [0.29, 0.717) is 30.9 Å². The van der Waals surface area contributed by atoms with Crippen LogP contribution in [-0.2, 0) is 6.54 Å². The lowest BCUT2D eigenvalue weighted by molar-refractivity contribution is 0.0902. The Balaban J connectivity index is 0.00000231. The van der Waals surface area contributed by atoms with Crippen LogP contribution in [0.25, 0.3) is 16.7 Å². The fraction of sp³-hybridized carbons (Fsp3) is 0.217. The van der Waals surface area contributed by atoms with Crippen LogP contribution in [0.15, 0.2) is 65.5 Å². The number of aryl methyl sites for hydroxylation is 1. The molecule has 0 bridgehead atoms. The van der Waals surface area contributed by atoms with Gasteiger partial charge in [0.2, 0.25) is 0 Å². The first kappa shape index (κ1) is 21.0. The van der Waals surface area contributed by atoms with Gasteiger partial charge >= 0.3 is 0 Å². The first-order valence-electron chi connectivity index (χ1n) is 9.95. The third-order valence-electron chi connectivity index (χ3n) is 5.20. The molecule has 2 N–H and O–H groups in total. The van der Waals surface area contributed by atoms with E-state index in [0.717, 1.165) is 28.3 Å². The van der Waals surface area contributed by atoms with Gasteiger partial charge in [-0.3, -0.25) is 4.79 Å². The molecule has 8 heteroatoms. The fourth-order valence-electron chi connectivity index (χ4n) is 3.68. The normalized spacial score (nSPS) is 14.9. The van der Waals surface area contributed by atoms with Crippen molar-refractivity contribution < 1.29 is 9.47 Å². The largest absolute Gasteiger partial charge is 0.486 e. The van der Waals surface area contributed by atoms with E-state index >= 15 is 0 Å². The number of aromatic amines is 1. The van der Waals surface area contributed by atoms with Crippen LogP contribution in [-0.4, -0.2) is 34.0 Å². The molecular weight excluding hydrogens is 416 g/mol. The van der Waals surface area contributed by atoms with E-state index in [1.165, 1.54) is 0 Å². The number of benzene rings is 2. The lowest BCUT2D eigenvalue weighted by Crippen LogP contribution is -2.38. The van der Waals surface area contributed by atoms with Crippen LogP contribution < -0.4 is 20.3 Å². The number of H-pyrrole nitrogens is 1. The number of aromatic nitrogens is 3.